The summed E-state index contributed by atoms with van der Waals surface area (Å²) in [6.07, 6.45) is 7.10. The maximum absolute atomic E-state index is 12.2. The average Bonchev–Trinajstić information content (AvgIpc) is 3.28. The second-order valence-corrected chi connectivity index (χ2v) is 5.64. The first-order chi connectivity index (χ1) is 12.3. The van der Waals surface area contributed by atoms with E-state index in [0.29, 0.717) is 12.2 Å². The molecule has 0 radical (unpaired) electrons. The number of para-hydroxylation sites is 1. The summed E-state index contributed by atoms with van der Waals surface area (Å²) in [5.41, 5.74) is 2.61. The number of nitrogens with one attached hydrogen (secondary N) is 1. The Morgan fingerprint density at radius 3 is 2.80 bits per heavy atom. The molecule has 0 fully saturated rings. The van der Waals surface area contributed by atoms with Gasteiger partial charge in [0.1, 0.15) is 12.2 Å². The SMILES string of the molecule is O=C(Cn1ccc2ccccc21)NCc1cn(-c2ccncc2)nn1. The molecule has 124 valence electrons. The number of aromatic nitrogens is 5. The van der Waals surface area contributed by atoms with Crippen molar-refractivity contribution in [3.05, 3.63) is 72.9 Å². The minimum atomic E-state index is -0.0696. The molecular weight excluding hydrogens is 316 g/mol. The lowest BCUT2D eigenvalue weighted by Gasteiger charge is -2.06. The van der Waals surface area contributed by atoms with Crippen molar-refractivity contribution in [3.63, 3.8) is 0 Å². The highest BCUT2D eigenvalue weighted by atomic mass is 16.1. The number of carbonyl (C=O) groups is 1. The van der Waals surface area contributed by atoms with E-state index in [1.54, 1.807) is 23.3 Å². The van der Waals surface area contributed by atoms with Crippen LogP contribution in [0.4, 0.5) is 0 Å². The van der Waals surface area contributed by atoms with E-state index in [4.69, 9.17) is 0 Å². The van der Waals surface area contributed by atoms with Crippen LogP contribution in [0, 0.1) is 0 Å². The first-order valence-electron chi connectivity index (χ1n) is 7.92. The van der Waals surface area contributed by atoms with Crippen LogP contribution < -0.4 is 5.32 Å². The standard InChI is InChI=1S/C18H16N6O/c25-18(13-23-10-7-14-3-1-2-4-17(14)23)20-11-15-12-24(22-21-15)16-5-8-19-9-6-16/h1-10,12H,11,13H2,(H,20,25). The van der Waals surface area contributed by atoms with Crippen molar-refractivity contribution in [1.29, 1.82) is 0 Å². The molecule has 1 aromatic carbocycles. The first-order valence-corrected chi connectivity index (χ1v) is 7.92. The van der Waals surface area contributed by atoms with Crippen LogP contribution in [0.15, 0.2) is 67.3 Å². The molecule has 0 aliphatic heterocycles. The maximum atomic E-state index is 12.2. The number of pyridine rings is 1. The summed E-state index contributed by atoms with van der Waals surface area (Å²) in [7, 11) is 0. The van der Waals surface area contributed by atoms with Gasteiger partial charge in [-0.3, -0.25) is 9.78 Å². The molecule has 0 saturated heterocycles. The monoisotopic (exact) mass is 332 g/mol. The van der Waals surface area contributed by atoms with E-state index >= 15 is 0 Å². The van der Waals surface area contributed by atoms with E-state index in [-0.39, 0.29) is 12.5 Å². The van der Waals surface area contributed by atoms with Crippen LogP contribution in [0.25, 0.3) is 16.6 Å². The molecule has 25 heavy (non-hydrogen) atoms. The number of hydrogen-bond acceptors (Lipinski definition) is 4. The lowest BCUT2D eigenvalue weighted by atomic mass is 10.2. The van der Waals surface area contributed by atoms with E-state index in [2.05, 4.69) is 20.6 Å². The van der Waals surface area contributed by atoms with Gasteiger partial charge in [0.05, 0.1) is 18.4 Å². The zero-order valence-electron chi connectivity index (χ0n) is 13.4. The van der Waals surface area contributed by atoms with Gasteiger partial charge in [0.15, 0.2) is 0 Å². The minimum Gasteiger partial charge on any atom is -0.349 e. The quantitative estimate of drug-likeness (QED) is 0.606. The van der Waals surface area contributed by atoms with Crippen molar-refractivity contribution >= 4 is 16.8 Å². The summed E-state index contributed by atoms with van der Waals surface area (Å²) in [4.78, 5) is 16.2. The van der Waals surface area contributed by atoms with Crippen LogP contribution in [0.3, 0.4) is 0 Å². The van der Waals surface area contributed by atoms with Crippen LogP contribution in [0.2, 0.25) is 0 Å². The average molecular weight is 332 g/mol. The molecule has 1 N–H and O–H groups in total. The molecular formula is C18H16N6O. The number of carbonyl (C=O) groups excluding carboxylic acids is 1. The van der Waals surface area contributed by atoms with Crippen LogP contribution in [-0.4, -0.2) is 30.5 Å². The molecule has 3 heterocycles. The van der Waals surface area contributed by atoms with Crippen LogP contribution in [-0.2, 0) is 17.9 Å². The van der Waals surface area contributed by atoms with E-state index < -0.39 is 0 Å². The molecule has 7 nitrogen and oxygen atoms in total. The number of benzene rings is 1. The third-order valence-electron chi connectivity index (χ3n) is 3.93. The Balaban J connectivity index is 1.38. The fraction of sp³-hybridized carbons (Fsp3) is 0.111. The van der Waals surface area contributed by atoms with Crippen molar-refractivity contribution in [2.75, 3.05) is 0 Å². The van der Waals surface area contributed by atoms with Gasteiger partial charge >= 0.3 is 0 Å². The van der Waals surface area contributed by atoms with Crippen LogP contribution >= 0.6 is 0 Å². The number of hydrogen-bond donors (Lipinski definition) is 1. The predicted octanol–water partition coefficient (Wildman–Crippen LogP) is 1.93. The molecule has 0 spiro atoms. The van der Waals surface area contributed by atoms with E-state index in [0.717, 1.165) is 16.6 Å². The fourth-order valence-corrected chi connectivity index (χ4v) is 2.68. The molecule has 0 saturated carbocycles. The lowest BCUT2D eigenvalue weighted by Crippen LogP contribution is -2.27. The molecule has 3 aromatic heterocycles. The third-order valence-corrected chi connectivity index (χ3v) is 3.93. The van der Waals surface area contributed by atoms with Gasteiger partial charge in [-0.2, -0.15) is 0 Å². The van der Waals surface area contributed by atoms with E-state index in [1.165, 1.54) is 0 Å². The Hall–Kier alpha value is -3.48. The molecule has 0 aliphatic rings. The van der Waals surface area contributed by atoms with Crippen LogP contribution in [0.5, 0.6) is 0 Å². The Bertz CT molecular complexity index is 1000. The molecule has 4 rings (SSSR count). The summed E-state index contributed by atoms with van der Waals surface area (Å²) < 4.78 is 3.58. The number of rotatable bonds is 5. The molecule has 0 aliphatic carbocycles. The second-order valence-electron chi connectivity index (χ2n) is 5.64. The second kappa shape index (κ2) is 6.56. The van der Waals surface area contributed by atoms with Gasteiger partial charge < -0.3 is 9.88 Å². The van der Waals surface area contributed by atoms with Crippen molar-refractivity contribution in [3.8, 4) is 5.69 Å². The summed E-state index contributed by atoms with van der Waals surface area (Å²) in [5, 5.41) is 12.1. The molecule has 0 unspecified atom stereocenters. The van der Waals surface area contributed by atoms with E-state index in [1.807, 2.05) is 53.2 Å². The number of amides is 1. The topological polar surface area (TPSA) is 77.6 Å². The van der Waals surface area contributed by atoms with E-state index in [9.17, 15) is 4.79 Å². The third kappa shape index (κ3) is 3.25. The zero-order valence-corrected chi connectivity index (χ0v) is 13.4. The molecule has 0 bridgehead atoms. The van der Waals surface area contributed by atoms with Gasteiger partial charge in [-0.25, -0.2) is 4.68 Å². The molecule has 4 aromatic rings. The highest BCUT2D eigenvalue weighted by molar-refractivity contribution is 5.83. The van der Waals surface area contributed by atoms with Gasteiger partial charge in [0.25, 0.3) is 0 Å². The maximum Gasteiger partial charge on any atom is 0.240 e. The van der Waals surface area contributed by atoms with Gasteiger partial charge in [-0.1, -0.05) is 23.4 Å². The molecule has 7 heteroatoms. The lowest BCUT2D eigenvalue weighted by molar-refractivity contribution is -0.121. The van der Waals surface area contributed by atoms with Crippen LogP contribution in [0.1, 0.15) is 5.69 Å². The fourth-order valence-electron chi connectivity index (χ4n) is 2.68. The van der Waals surface area contributed by atoms with Crippen molar-refractivity contribution in [1.82, 2.24) is 29.9 Å². The minimum absolute atomic E-state index is 0.0696. The Kier molecular flexibility index (Phi) is 3.96. The Morgan fingerprint density at radius 2 is 1.92 bits per heavy atom. The van der Waals surface area contributed by atoms with Crippen molar-refractivity contribution in [2.45, 2.75) is 13.1 Å². The molecule has 0 atom stereocenters. The number of nitrogens with zero attached hydrogens (tertiary/aromatic N) is 5. The summed E-state index contributed by atoms with van der Waals surface area (Å²) in [6, 6.07) is 13.7. The first kappa shape index (κ1) is 15.1. The molecule has 1 amide bonds. The van der Waals surface area contributed by atoms with Gasteiger partial charge in [0.2, 0.25) is 5.91 Å². The van der Waals surface area contributed by atoms with Crippen molar-refractivity contribution in [2.24, 2.45) is 0 Å². The zero-order chi connectivity index (χ0) is 17.1. The van der Waals surface area contributed by atoms with Gasteiger partial charge in [-0.15, -0.1) is 5.10 Å². The van der Waals surface area contributed by atoms with Gasteiger partial charge in [0, 0.05) is 24.1 Å². The number of fused-ring (bicyclic) bond motifs is 1. The summed E-state index contributed by atoms with van der Waals surface area (Å²) in [6.45, 7) is 0.606. The highest BCUT2D eigenvalue weighted by Gasteiger charge is 2.08. The summed E-state index contributed by atoms with van der Waals surface area (Å²) in [5.74, 6) is -0.0696. The largest absolute Gasteiger partial charge is 0.349 e. The smallest absolute Gasteiger partial charge is 0.240 e. The Morgan fingerprint density at radius 1 is 1.08 bits per heavy atom. The van der Waals surface area contributed by atoms with Crippen molar-refractivity contribution < 1.29 is 4.79 Å². The normalized spacial score (nSPS) is 10.9. The summed E-state index contributed by atoms with van der Waals surface area (Å²) >= 11 is 0. The van der Waals surface area contributed by atoms with Gasteiger partial charge in [-0.05, 0) is 29.7 Å². The Labute approximate surface area is 143 Å². The predicted molar refractivity (Wildman–Crippen MR) is 92.9 cm³/mol. The highest BCUT2D eigenvalue weighted by Crippen LogP contribution is 2.14.